The van der Waals surface area contributed by atoms with Crippen molar-refractivity contribution < 1.29 is 24.2 Å². The van der Waals surface area contributed by atoms with Crippen molar-refractivity contribution in [3.63, 3.8) is 0 Å². The Morgan fingerprint density at radius 2 is 1.22 bits per heavy atom. The van der Waals surface area contributed by atoms with Crippen molar-refractivity contribution in [1.29, 1.82) is 0 Å². The number of benzene rings is 3. The molecule has 0 aromatic heterocycles. The summed E-state index contributed by atoms with van der Waals surface area (Å²) in [5, 5.41) is 9.01. The molecule has 7 rings (SSSR count). The molecule has 0 aliphatic heterocycles. The van der Waals surface area contributed by atoms with Gasteiger partial charge in [0.1, 0.15) is 17.1 Å². The minimum absolute atomic E-state index is 0.0364. The average Bonchev–Trinajstić information content (AvgIpc) is 3.13. The fourth-order valence-electron chi connectivity index (χ4n) is 8.13. The molecule has 0 saturated heterocycles. The summed E-state index contributed by atoms with van der Waals surface area (Å²) < 4.78 is 11.6. The zero-order valence-electron chi connectivity index (χ0n) is 31.9. The highest BCUT2D eigenvalue weighted by molar-refractivity contribution is 5.90. The van der Waals surface area contributed by atoms with Crippen LogP contribution in [-0.4, -0.2) is 22.6 Å². The van der Waals surface area contributed by atoms with E-state index in [-0.39, 0.29) is 23.0 Å². The summed E-state index contributed by atoms with van der Waals surface area (Å²) in [6.07, 6.45) is 10.8. The Hall–Kier alpha value is -3.60. The summed E-state index contributed by atoms with van der Waals surface area (Å²) in [5.41, 5.74) is 2.66. The number of carbonyl (C=O) groups excluding carboxylic acids is 2. The van der Waals surface area contributed by atoms with Crippen molar-refractivity contribution in [2.45, 2.75) is 131 Å². The third-order valence-corrected chi connectivity index (χ3v) is 12.1. The summed E-state index contributed by atoms with van der Waals surface area (Å²) in [7, 11) is 0. The van der Waals surface area contributed by atoms with Gasteiger partial charge in [-0.1, -0.05) is 84.0 Å². The molecule has 0 spiro atoms. The summed E-state index contributed by atoms with van der Waals surface area (Å²) in [4.78, 5) is 24.5. The monoisotopic (exact) mass is 682 g/mol. The van der Waals surface area contributed by atoms with E-state index >= 15 is 0 Å². The number of carbonyl (C=O) groups is 2. The number of aromatic hydroxyl groups is 1. The van der Waals surface area contributed by atoms with Crippen LogP contribution in [0.3, 0.4) is 0 Å². The van der Waals surface area contributed by atoms with Gasteiger partial charge in [0, 0.05) is 0 Å². The molecule has 4 fully saturated rings. The highest BCUT2D eigenvalue weighted by Crippen LogP contribution is 2.61. The van der Waals surface area contributed by atoms with Gasteiger partial charge in [-0.25, -0.2) is 4.79 Å². The molecule has 0 heterocycles. The summed E-state index contributed by atoms with van der Waals surface area (Å²) >= 11 is 0. The van der Waals surface area contributed by atoms with Gasteiger partial charge in [-0.15, -0.1) is 0 Å². The lowest BCUT2D eigenvalue weighted by atomic mass is 9.49. The standard InChI is InChI=1S/C18H30O2.C17H18O2.C10H14O/c1-5-17(3,4)16(19)20-18(6-2)14-8-12-7-13(10-14)11-15(18)9-12;1-3-13(2)14-9-11-16(12-10-14)19-17(18)15-7-5-4-6-8-15;1-3-8(2)9-4-6-10(11)7-5-9/h12-15H,5-11H2,1-4H3;4-13H,3H2,1-2H3;4-8,11H,3H2,1-2H3. The predicted molar refractivity (Wildman–Crippen MR) is 204 cm³/mol. The minimum atomic E-state index is -0.336. The smallest absolute Gasteiger partial charge is 0.343 e. The number of phenols is 1. The molecule has 4 bridgehead atoms. The van der Waals surface area contributed by atoms with Crippen molar-refractivity contribution in [2.24, 2.45) is 29.1 Å². The molecule has 4 aliphatic carbocycles. The molecule has 3 aromatic carbocycles. The molecule has 0 amide bonds. The summed E-state index contributed by atoms with van der Waals surface area (Å²) in [6, 6.07) is 24.2. The van der Waals surface area contributed by atoms with Gasteiger partial charge >= 0.3 is 11.9 Å². The zero-order chi connectivity index (χ0) is 36.5. The molecule has 4 saturated carbocycles. The van der Waals surface area contributed by atoms with E-state index in [1.807, 2.05) is 68.4 Å². The second-order valence-electron chi connectivity index (χ2n) is 15.8. The predicted octanol–water partition coefficient (Wildman–Crippen LogP) is 11.9. The van der Waals surface area contributed by atoms with E-state index in [9.17, 15) is 9.59 Å². The maximum Gasteiger partial charge on any atom is 0.343 e. The number of esters is 2. The first-order chi connectivity index (χ1) is 23.8. The Morgan fingerprint density at radius 3 is 1.66 bits per heavy atom. The molecule has 0 radical (unpaired) electrons. The third kappa shape index (κ3) is 9.59. The number of rotatable bonds is 10. The van der Waals surface area contributed by atoms with Gasteiger partial charge in [0.2, 0.25) is 0 Å². The first kappa shape index (κ1) is 39.2. The van der Waals surface area contributed by atoms with Crippen LogP contribution in [0.15, 0.2) is 78.9 Å². The molecular formula is C45H62O5. The number of phenolic OH excluding ortho intramolecular Hbond substituents is 1. The Balaban J connectivity index is 0.000000176. The van der Waals surface area contributed by atoms with Crippen LogP contribution in [0.25, 0.3) is 0 Å². The molecule has 3 aromatic rings. The zero-order valence-corrected chi connectivity index (χ0v) is 31.9. The second kappa shape index (κ2) is 17.6. The fraction of sp³-hybridized carbons (Fsp3) is 0.556. The fourth-order valence-corrected chi connectivity index (χ4v) is 8.13. The maximum absolute atomic E-state index is 12.6. The maximum atomic E-state index is 12.6. The van der Waals surface area contributed by atoms with E-state index in [4.69, 9.17) is 14.6 Å². The molecule has 50 heavy (non-hydrogen) atoms. The van der Waals surface area contributed by atoms with E-state index in [0.717, 1.165) is 37.5 Å². The largest absolute Gasteiger partial charge is 0.508 e. The lowest BCUT2D eigenvalue weighted by Gasteiger charge is -2.60. The molecule has 2 unspecified atom stereocenters. The van der Waals surface area contributed by atoms with Crippen LogP contribution in [0.4, 0.5) is 0 Å². The first-order valence-corrected chi connectivity index (χ1v) is 19.2. The van der Waals surface area contributed by atoms with E-state index in [0.29, 0.717) is 40.7 Å². The lowest BCUT2D eigenvalue weighted by molar-refractivity contribution is -0.218. The van der Waals surface area contributed by atoms with Crippen LogP contribution in [-0.2, 0) is 9.53 Å². The Bertz CT molecular complexity index is 1460. The Morgan fingerprint density at radius 1 is 0.740 bits per heavy atom. The van der Waals surface area contributed by atoms with Crippen LogP contribution in [0, 0.1) is 29.1 Å². The van der Waals surface area contributed by atoms with Crippen LogP contribution in [0.2, 0.25) is 0 Å². The third-order valence-electron chi connectivity index (χ3n) is 12.1. The SMILES string of the molecule is CCC(C)(C)C(=O)OC1(CC)C2CC3CC(C2)CC1C3.CCC(C)c1ccc(O)cc1.CCC(C)c1ccc(OC(=O)c2ccccc2)cc1. The summed E-state index contributed by atoms with van der Waals surface area (Å²) in [5.74, 6) is 4.89. The van der Waals surface area contributed by atoms with Crippen molar-refractivity contribution >= 4 is 11.9 Å². The number of hydrogen-bond acceptors (Lipinski definition) is 5. The van der Waals surface area contributed by atoms with Gasteiger partial charge in [0.25, 0.3) is 0 Å². The number of hydrogen-bond donors (Lipinski definition) is 1. The van der Waals surface area contributed by atoms with Crippen molar-refractivity contribution in [1.82, 2.24) is 0 Å². The van der Waals surface area contributed by atoms with Gasteiger partial charge in [-0.3, -0.25) is 4.79 Å². The van der Waals surface area contributed by atoms with Gasteiger partial charge in [0.15, 0.2) is 0 Å². The Labute approximate surface area is 302 Å². The molecule has 5 heteroatoms. The van der Waals surface area contributed by atoms with Crippen molar-refractivity contribution in [3.8, 4) is 11.5 Å². The van der Waals surface area contributed by atoms with Crippen LogP contribution >= 0.6 is 0 Å². The molecular weight excluding hydrogens is 620 g/mol. The molecule has 4 aliphatic rings. The topological polar surface area (TPSA) is 72.8 Å². The van der Waals surface area contributed by atoms with Crippen molar-refractivity contribution in [2.75, 3.05) is 0 Å². The molecule has 272 valence electrons. The van der Waals surface area contributed by atoms with Gasteiger partial charge in [0.05, 0.1) is 11.0 Å². The highest BCUT2D eigenvalue weighted by atomic mass is 16.6. The van der Waals surface area contributed by atoms with E-state index in [2.05, 4.69) is 41.5 Å². The number of ether oxygens (including phenoxy) is 2. The second-order valence-corrected chi connectivity index (χ2v) is 15.8. The van der Waals surface area contributed by atoms with Gasteiger partial charge in [-0.2, -0.15) is 0 Å². The van der Waals surface area contributed by atoms with Crippen LogP contribution in [0.5, 0.6) is 11.5 Å². The van der Waals surface area contributed by atoms with Gasteiger partial charge in [-0.05, 0) is 155 Å². The minimum Gasteiger partial charge on any atom is -0.508 e. The average molecular weight is 683 g/mol. The normalized spacial score (nSPS) is 24.5. The van der Waals surface area contributed by atoms with Crippen LogP contribution in [0.1, 0.15) is 146 Å². The molecule has 5 nitrogen and oxygen atoms in total. The van der Waals surface area contributed by atoms with Crippen molar-refractivity contribution in [3.05, 3.63) is 95.6 Å². The molecule has 1 N–H and O–H groups in total. The van der Waals surface area contributed by atoms with E-state index < -0.39 is 0 Å². The van der Waals surface area contributed by atoms with Crippen LogP contribution < -0.4 is 4.74 Å². The first-order valence-electron chi connectivity index (χ1n) is 19.2. The Kier molecular flexibility index (Phi) is 13.8. The van der Waals surface area contributed by atoms with E-state index in [1.54, 1.807) is 24.3 Å². The lowest BCUT2D eigenvalue weighted by Crippen LogP contribution is -2.60. The molecule has 2 atom stereocenters. The van der Waals surface area contributed by atoms with Gasteiger partial charge < -0.3 is 14.6 Å². The quantitative estimate of drug-likeness (QED) is 0.170. The highest BCUT2D eigenvalue weighted by Gasteiger charge is 2.59. The summed E-state index contributed by atoms with van der Waals surface area (Å²) in [6.45, 7) is 17.1. The van der Waals surface area contributed by atoms with E-state index in [1.165, 1.54) is 43.2 Å².